The third-order valence-corrected chi connectivity index (χ3v) is 4.36. The molecule has 3 aromatic carbocycles. The van der Waals surface area contributed by atoms with E-state index in [0.29, 0.717) is 18.0 Å². The standard InChI is InChI=1S/C23H24N2O3.C2H2O4/c1-25(16-18-10-6-8-14-21(18)27-2)17-23(26)24-20-13-7-9-15-22(20)28-19-11-4-3-5-12-19;3-1(4)2(5)6/h3-15H,16-17H2,1-2H3,(H,24,26);(H,3,4)(H,5,6). The number of amides is 1. The Morgan fingerprint density at radius 3 is 2.00 bits per heavy atom. The summed E-state index contributed by atoms with van der Waals surface area (Å²) >= 11 is 0. The number of likely N-dealkylation sites (N-methyl/N-ethyl adjacent to an activating group) is 1. The van der Waals surface area contributed by atoms with E-state index in [4.69, 9.17) is 29.3 Å². The van der Waals surface area contributed by atoms with E-state index in [0.717, 1.165) is 17.1 Å². The lowest BCUT2D eigenvalue weighted by molar-refractivity contribution is -0.159. The molecule has 0 bridgehead atoms. The molecule has 3 N–H and O–H groups in total. The van der Waals surface area contributed by atoms with E-state index in [9.17, 15) is 4.79 Å². The first-order chi connectivity index (χ1) is 16.3. The molecule has 0 aliphatic heterocycles. The third kappa shape index (κ3) is 8.64. The molecule has 0 unspecified atom stereocenters. The Bertz CT molecular complexity index is 1090. The molecule has 0 atom stereocenters. The lowest BCUT2D eigenvalue weighted by Gasteiger charge is -2.18. The van der Waals surface area contributed by atoms with E-state index >= 15 is 0 Å². The average Bonchev–Trinajstić information content (AvgIpc) is 2.81. The SMILES string of the molecule is COc1ccccc1CN(C)CC(=O)Nc1ccccc1Oc1ccccc1.O=C(O)C(=O)O. The van der Waals surface area contributed by atoms with Crippen molar-refractivity contribution in [3.05, 3.63) is 84.4 Å². The van der Waals surface area contributed by atoms with Crippen molar-refractivity contribution >= 4 is 23.5 Å². The van der Waals surface area contributed by atoms with Gasteiger partial charge < -0.3 is 25.0 Å². The van der Waals surface area contributed by atoms with Gasteiger partial charge >= 0.3 is 11.9 Å². The van der Waals surface area contributed by atoms with Gasteiger partial charge in [-0.2, -0.15) is 0 Å². The number of aliphatic carboxylic acids is 2. The minimum absolute atomic E-state index is 0.110. The van der Waals surface area contributed by atoms with Crippen LogP contribution in [0.4, 0.5) is 5.69 Å². The Balaban J connectivity index is 0.000000604. The van der Waals surface area contributed by atoms with Gasteiger partial charge in [-0.3, -0.25) is 9.69 Å². The smallest absolute Gasteiger partial charge is 0.414 e. The van der Waals surface area contributed by atoms with Crippen LogP contribution in [0.1, 0.15) is 5.56 Å². The highest BCUT2D eigenvalue weighted by atomic mass is 16.5. The first kappa shape index (κ1) is 25.9. The van der Waals surface area contributed by atoms with Crippen molar-refractivity contribution in [2.24, 2.45) is 0 Å². The number of carbonyl (C=O) groups is 3. The van der Waals surface area contributed by atoms with Gasteiger partial charge in [-0.15, -0.1) is 0 Å². The van der Waals surface area contributed by atoms with E-state index in [1.165, 1.54) is 0 Å². The number of nitrogens with one attached hydrogen (secondary N) is 1. The zero-order chi connectivity index (χ0) is 24.9. The number of benzene rings is 3. The quantitative estimate of drug-likeness (QED) is 0.429. The molecule has 0 saturated carbocycles. The molecule has 0 aliphatic carbocycles. The highest BCUT2D eigenvalue weighted by molar-refractivity contribution is 6.27. The molecule has 178 valence electrons. The fourth-order valence-corrected chi connectivity index (χ4v) is 2.89. The lowest BCUT2D eigenvalue weighted by Crippen LogP contribution is -2.30. The molecule has 0 saturated heterocycles. The van der Waals surface area contributed by atoms with Crippen LogP contribution in [-0.2, 0) is 20.9 Å². The maximum Gasteiger partial charge on any atom is 0.414 e. The van der Waals surface area contributed by atoms with Crippen LogP contribution < -0.4 is 14.8 Å². The van der Waals surface area contributed by atoms with Crippen LogP contribution in [0.5, 0.6) is 17.2 Å². The molecule has 0 aromatic heterocycles. The van der Waals surface area contributed by atoms with E-state index in [-0.39, 0.29) is 12.5 Å². The number of hydrogen-bond donors (Lipinski definition) is 3. The number of nitrogens with zero attached hydrogens (tertiary/aromatic N) is 1. The molecule has 0 spiro atoms. The fourth-order valence-electron chi connectivity index (χ4n) is 2.89. The molecule has 0 aliphatic rings. The van der Waals surface area contributed by atoms with Gasteiger partial charge in [0.1, 0.15) is 11.5 Å². The van der Waals surface area contributed by atoms with Crippen molar-refractivity contribution in [3.8, 4) is 17.2 Å². The van der Waals surface area contributed by atoms with Crippen molar-refractivity contribution < 1.29 is 34.1 Å². The summed E-state index contributed by atoms with van der Waals surface area (Å²) in [6.45, 7) is 0.858. The van der Waals surface area contributed by atoms with Crippen molar-refractivity contribution in [2.45, 2.75) is 6.54 Å². The minimum atomic E-state index is -1.82. The van der Waals surface area contributed by atoms with Crippen LogP contribution in [0.15, 0.2) is 78.9 Å². The summed E-state index contributed by atoms with van der Waals surface area (Å²) in [7, 11) is 3.55. The average molecular weight is 466 g/mol. The maximum atomic E-state index is 12.5. The van der Waals surface area contributed by atoms with Gasteiger partial charge in [-0.05, 0) is 37.4 Å². The predicted octanol–water partition coefficient (Wildman–Crippen LogP) is 3.71. The summed E-state index contributed by atoms with van der Waals surface area (Å²) in [6, 6.07) is 24.7. The fraction of sp³-hybridized carbons (Fsp3) is 0.160. The summed E-state index contributed by atoms with van der Waals surface area (Å²) in [5.41, 5.74) is 1.68. The van der Waals surface area contributed by atoms with Gasteiger partial charge in [0.15, 0.2) is 5.75 Å². The van der Waals surface area contributed by atoms with Gasteiger partial charge in [0.05, 0.1) is 19.3 Å². The highest BCUT2D eigenvalue weighted by Gasteiger charge is 2.12. The number of para-hydroxylation sites is 4. The highest BCUT2D eigenvalue weighted by Crippen LogP contribution is 2.29. The monoisotopic (exact) mass is 466 g/mol. The molecule has 34 heavy (non-hydrogen) atoms. The van der Waals surface area contributed by atoms with Crippen LogP contribution >= 0.6 is 0 Å². The van der Waals surface area contributed by atoms with E-state index in [1.807, 2.05) is 90.8 Å². The number of methoxy groups -OCH3 is 1. The van der Waals surface area contributed by atoms with E-state index in [2.05, 4.69) is 5.32 Å². The molecule has 3 rings (SSSR count). The zero-order valence-corrected chi connectivity index (χ0v) is 18.8. The summed E-state index contributed by atoms with van der Waals surface area (Å²) in [6.07, 6.45) is 0. The van der Waals surface area contributed by atoms with Crippen LogP contribution in [0.25, 0.3) is 0 Å². The number of carbonyl (C=O) groups excluding carboxylic acids is 1. The molecular weight excluding hydrogens is 440 g/mol. The molecule has 1 amide bonds. The van der Waals surface area contributed by atoms with Crippen molar-refractivity contribution in [1.29, 1.82) is 0 Å². The molecule has 3 aromatic rings. The molecule has 9 heteroatoms. The van der Waals surface area contributed by atoms with E-state index < -0.39 is 11.9 Å². The Labute approximate surface area is 197 Å². The number of anilines is 1. The van der Waals surface area contributed by atoms with Crippen LogP contribution in [0.3, 0.4) is 0 Å². The number of carboxylic acids is 2. The van der Waals surface area contributed by atoms with Crippen molar-refractivity contribution in [2.75, 3.05) is 26.0 Å². The summed E-state index contributed by atoms with van der Waals surface area (Å²) in [4.78, 5) is 32.7. The molecule has 0 heterocycles. The Morgan fingerprint density at radius 2 is 1.38 bits per heavy atom. The van der Waals surface area contributed by atoms with E-state index in [1.54, 1.807) is 7.11 Å². The number of carboxylic acid groups (broad SMARTS) is 2. The second-order valence-corrected chi connectivity index (χ2v) is 7.05. The first-order valence-corrected chi connectivity index (χ1v) is 10.2. The number of ether oxygens (including phenoxy) is 2. The molecular formula is C25H26N2O7. The van der Waals surface area contributed by atoms with Crippen LogP contribution in [-0.4, -0.2) is 53.7 Å². The van der Waals surface area contributed by atoms with Gasteiger partial charge in [0.25, 0.3) is 0 Å². The Hall–Kier alpha value is -4.37. The minimum Gasteiger partial charge on any atom is -0.496 e. The lowest BCUT2D eigenvalue weighted by atomic mass is 10.2. The topological polar surface area (TPSA) is 125 Å². The normalized spacial score (nSPS) is 9.97. The largest absolute Gasteiger partial charge is 0.496 e. The molecule has 9 nitrogen and oxygen atoms in total. The predicted molar refractivity (Wildman–Crippen MR) is 126 cm³/mol. The number of hydrogen-bond acceptors (Lipinski definition) is 6. The van der Waals surface area contributed by atoms with Gasteiger partial charge in [0.2, 0.25) is 5.91 Å². The molecule has 0 fully saturated rings. The van der Waals surface area contributed by atoms with Crippen LogP contribution in [0, 0.1) is 0 Å². The summed E-state index contributed by atoms with van der Waals surface area (Å²) < 4.78 is 11.3. The van der Waals surface area contributed by atoms with Crippen molar-refractivity contribution in [3.63, 3.8) is 0 Å². The third-order valence-electron chi connectivity index (χ3n) is 4.36. The van der Waals surface area contributed by atoms with Gasteiger partial charge in [-0.1, -0.05) is 48.5 Å². The van der Waals surface area contributed by atoms with Gasteiger partial charge in [-0.25, -0.2) is 9.59 Å². The number of rotatable bonds is 8. The van der Waals surface area contributed by atoms with Crippen LogP contribution in [0.2, 0.25) is 0 Å². The maximum absolute atomic E-state index is 12.5. The molecule has 0 radical (unpaired) electrons. The second kappa shape index (κ2) is 13.2. The zero-order valence-electron chi connectivity index (χ0n) is 18.8. The van der Waals surface area contributed by atoms with Crippen molar-refractivity contribution in [1.82, 2.24) is 4.90 Å². The van der Waals surface area contributed by atoms with Gasteiger partial charge in [0, 0.05) is 12.1 Å². The first-order valence-electron chi connectivity index (χ1n) is 10.2. The Morgan fingerprint density at radius 1 is 0.824 bits per heavy atom. The Kier molecular flexibility index (Phi) is 10.1. The second-order valence-electron chi connectivity index (χ2n) is 7.05. The summed E-state index contributed by atoms with van der Waals surface area (Å²) in [5.74, 6) is -1.62. The summed E-state index contributed by atoms with van der Waals surface area (Å²) in [5, 5.41) is 17.7.